The van der Waals surface area contributed by atoms with Crippen molar-refractivity contribution < 1.29 is 4.74 Å². The molecule has 0 radical (unpaired) electrons. The Labute approximate surface area is 641 Å². The third-order valence-corrected chi connectivity index (χ3v) is 38.1. The molecule has 18 aromatic rings. The van der Waals surface area contributed by atoms with Gasteiger partial charge in [0.2, 0.25) is 6.71 Å². The van der Waals surface area contributed by atoms with Gasteiger partial charge in [0.05, 0.1) is 11.0 Å². The molecule has 0 N–H and O–H groups in total. The molecule has 0 amide bonds. The zero-order chi connectivity index (χ0) is 72.3. The number of fused-ring (bicyclic) bond motifs is 7. The van der Waals surface area contributed by atoms with Crippen LogP contribution in [0.2, 0.25) is 0 Å². The first-order chi connectivity index (χ1) is 54.1. The number of hydrogen-bond acceptors (Lipinski definition) is 1. The van der Waals surface area contributed by atoms with Crippen molar-refractivity contribution in [3.8, 4) is 39.4 Å². The Morgan fingerprint density at radius 1 is 0.229 bits per heavy atom. The molecule has 0 spiro atoms. The molecule has 1 aromatic heterocycles. The molecule has 109 heavy (non-hydrogen) atoms. The molecule has 0 saturated heterocycles. The van der Waals surface area contributed by atoms with Crippen LogP contribution >= 0.6 is 0 Å². The minimum atomic E-state index is -3.24. The van der Waals surface area contributed by atoms with Gasteiger partial charge in [0.25, 0.3) is 6.71 Å². The molecule has 510 valence electrons. The van der Waals surface area contributed by atoms with Crippen molar-refractivity contribution in [1.29, 1.82) is 0 Å². The van der Waals surface area contributed by atoms with Crippen LogP contribution in [0.1, 0.15) is 0 Å². The Bertz CT molecular complexity index is 6130. The molecule has 2 nitrogen and oxygen atoms in total. The minimum Gasteiger partial charge on any atom is -0.458 e. The van der Waals surface area contributed by atoms with E-state index in [9.17, 15) is 0 Å². The molecule has 0 unspecified atom stereocenters. The highest BCUT2D eigenvalue weighted by Gasteiger charge is 2.51. The van der Waals surface area contributed by atoms with Crippen LogP contribution in [-0.2, 0) is 0 Å². The lowest BCUT2D eigenvalue weighted by atomic mass is 9.35. The summed E-state index contributed by atoms with van der Waals surface area (Å²) in [5, 5.41) is 18.7. The van der Waals surface area contributed by atoms with Gasteiger partial charge in [0.15, 0.2) is 24.2 Å². The zero-order valence-corrected chi connectivity index (χ0v) is 63.2. The fourth-order valence-corrected chi connectivity index (χ4v) is 34.0. The van der Waals surface area contributed by atoms with Crippen molar-refractivity contribution in [2.45, 2.75) is 0 Å². The van der Waals surface area contributed by atoms with Gasteiger partial charge in [-0.3, -0.25) is 0 Å². The molecule has 7 heteroatoms. The molecule has 2 aliphatic rings. The van der Waals surface area contributed by atoms with Gasteiger partial charge >= 0.3 is 0 Å². The number of aromatic nitrogens is 1. The largest absolute Gasteiger partial charge is 0.458 e. The fourth-order valence-electron chi connectivity index (χ4n) is 19.2. The number of para-hydroxylation sites is 4. The van der Waals surface area contributed by atoms with Crippen LogP contribution in [0.3, 0.4) is 0 Å². The molecule has 0 aliphatic carbocycles. The van der Waals surface area contributed by atoms with Crippen LogP contribution in [0, 0.1) is 0 Å². The fraction of sp³-hybridized carbons (Fsp3) is 0. The molecular formula is C102H73B2NOSi3. The van der Waals surface area contributed by atoms with Gasteiger partial charge in [0, 0.05) is 16.5 Å². The topological polar surface area (TPSA) is 14.2 Å². The summed E-state index contributed by atoms with van der Waals surface area (Å²) < 4.78 is 9.36. The SMILES string of the molecule is c1ccc([Si](c2ccccc2)(c2ccccc2)c2cccc(-c3ccccc3B3c4ccccc4[Si](c4ccccc4)(c4cccc(-c5ccc([Si](c6ccccc6)(c6ccccc6)c6ccc(-n7c8ccccc8c8ccccc87)c(B7c8ccccc8Oc8ccccc87)c6)cc5)c4)c4ccccc43)c2)cc1. The average molecular weight is 1430 g/mol. The second-order valence-corrected chi connectivity index (χ2v) is 40.5. The maximum absolute atomic E-state index is 6.84. The monoisotopic (exact) mass is 1430 g/mol. The van der Waals surface area contributed by atoms with E-state index in [2.05, 4.69) is 447 Å². The number of nitrogens with zero attached hydrogens (tertiary/aromatic N) is 1. The van der Waals surface area contributed by atoms with Gasteiger partial charge < -0.3 is 9.30 Å². The van der Waals surface area contributed by atoms with Gasteiger partial charge in [-0.05, 0) is 131 Å². The lowest BCUT2D eigenvalue weighted by Crippen LogP contribution is -2.86. The lowest BCUT2D eigenvalue weighted by molar-refractivity contribution is 0.487. The van der Waals surface area contributed by atoms with Crippen molar-refractivity contribution in [3.05, 3.63) is 443 Å². The van der Waals surface area contributed by atoms with Crippen LogP contribution in [-0.4, -0.2) is 42.2 Å². The van der Waals surface area contributed by atoms with Gasteiger partial charge in [-0.15, -0.1) is 0 Å². The van der Waals surface area contributed by atoms with Crippen LogP contribution < -0.4 is 99.8 Å². The number of hydrogen-bond donors (Lipinski definition) is 0. The standard InChI is InChI=1S/C102H73B2NOSi3/c1-7-37-77(38-8-1)107(78-39-9-2-10-40-78,79-41-11-3-12-42-79)84-49-34-36-76(72-84)87-51-19-22-54-90(87)103-93-57-25-31-63-101(93)109(82-47-17-6-18-48-82,102-64-32-26-58-94(102)103)85-50-33-35-75(71-85)74-65-67-83(68-66-74)108(80-43-13-4-14-44-80,81-45-15-5-16-46-81)86-69-70-98(105-96-59-27-20-52-88(96)89-53-21-28-60-97(89)105)95(73-86)104-91-55-23-29-61-99(91)106-100-62-30-24-56-92(100)104/h1-73H. The maximum Gasteiger partial charge on any atom is 0.253 e. The quantitative estimate of drug-likeness (QED) is 0.0737. The summed E-state index contributed by atoms with van der Waals surface area (Å²) in [5.74, 6) is 1.76. The summed E-state index contributed by atoms with van der Waals surface area (Å²) in [6.07, 6.45) is 0. The molecular weight excluding hydrogens is 1360 g/mol. The highest BCUT2D eigenvalue weighted by molar-refractivity contribution is 7.26. The van der Waals surface area contributed by atoms with Gasteiger partial charge in [-0.2, -0.15) is 0 Å². The third kappa shape index (κ3) is 10.6. The van der Waals surface area contributed by atoms with E-state index in [0.717, 1.165) is 28.1 Å². The second-order valence-electron chi connectivity index (χ2n) is 29.1. The molecule has 2 aliphatic heterocycles. The Morgan fingerprint density at radius 2 is 0.596 bits per heavy atom. The smallest absolute Gasteiger partial charge is 0.253 e. The van der Waals surface area contributed by atoms with Crippen molar-refractivity contribution >= 4 is 154 Å². The molecule has 0 fully saturated rings. The van der Waals surface area contributed by atoms with E-state index in [1.165, 1.54) is 128 Å². The predicted octanol–water partition coefficient (Wildman–Crippen LogP) is 11.7. The zero-order valence-electron chi connectivity index (χ0n) is 60.2. The molecule has 17 aromatic carbocycles. The van der Waals surface area contributed by atoms with Gasteiger partial charge in [-0.25, -0.2) is 0 Å². The van der Waals surface area contributed by atoms with E-state index in [4.69, 9.17) is 4.74 Å². The molecule has 0 bridgehead atoms. The summed E-state index contributed by atoms with van der Waals surface area (Å²) in [4.78, 5) is 0. The van der Waals surface area contributed by atoms with Crippen molar-refractivity contribution in [3.63, 3.8) is 0 Å². The van der Waals surface area contributed by atoms with Crippen molar-refractivity contribution in [1.82, 2.24) is 4.57 Å². The van der Waals surface area contributed by atoms with Gasteiger partial charge in [0.1, 0.15) is 11.5 Å². The van der Waals surface area contributed by atoms with Crippen LogP contribution in [0.4, 0.5) is 0 Å². The van der Waals surface area contributed by atoms with Crippen LogP contribution in [0.15, 0.2) is 443 Å². The molecule has 3 heterocycles. The number of ether oxygens (including phenoxy) is 1. The third-order valence-electron chi connectivity index (χ3n) is 23.7. The summed E-state index contributed by atoms with van der Waals surface area (Å²) in [5.41, 5.74) is 15.9. The van der Waals surface area contributed by atoms with E-state index in [1.54, 1.807) is 0 Å². The molecule has 20 rings (SSSR count). The Kier molecular flexibility index (Phi) is 16.5. The van der Waals surface area contributed by atoms with Crippen molar-refractivity contribution in [2.75, 3.05) is 0 Å². The average Bonchev–Trinajstić information content (AvgIpc) is 1.16. The van der Waals surface area contributed by atoms with Gasteiger partial charge in [-0.1, -0.05) is 429 Å². The lowest BCUT2D eigenvalue weighted by Gasteiger charge is -2.43. The van der Waals surface area contributed by atoms with Crippen molar-refractivity contribution in [2.24, 2.45) is 0 Å². The van der Waals surface area contributed by atoms with E-state index in [0.29, 0.717) is 0 Å². The minimum absolute atomic E-state index is 0.0606. The maximum atomic E-state index is 6.84. The van der Waals surface area contributed by atoms with Crippen LogP contribution in [0.5, 0.6) is 11.5 Å². The first-order valence-corrected chi connectivity index (χ1v) is 44.0. The Hall–Kier alpha value is -12.9. The predicted molar refractivity (Wildman–Crippen MR) is 471 cm³/mol. The van der Waals surface area contributed by atoms with E-state index in [1.807, 2.05) is 0 Å². The Morgan fingerprint density at radius 3 is 1.12 bits per heavy atom. The van der Waals surface area contributed by atoms with Crippen LogP contribution in [0.25, 0.3) is 49.7 Å². The summed E-state index contributed by atoms with van der Waals surface area (Å²) in [7, 11) is -9.24. The second kappa shape index (κ2) is 27.5. The Balaban J connectivity index is 0.748. The normalized spacial score (nSPS) is 12.9. The van der Waals surface area contributed by atoms with E-state index < -0.39 is 24.2 Å². The number of benzene rings is 17. The highest BCUT2D eigenvalue weighted by atomic mass is 28.3. The summed E-state index contributed by atoms with van der Waals surface area (Å²) in [6, 6.07) is 168. The molecule has 0 saturated carbocycles. The van der Waals surface area contributed by atoms with E-state index >= 15 is 0 Å². The summed E-state index contributed by atoms with van der Waals surface area (Å²) >= 11 is 0. The molecule has 0 atom stereocenters. The highest BCUT2D eigenvalue weighted by Crippen LogP contribution is 2.34. The van der Waals surface area contributed by atoms with E-state index in [-0.39, 0.29) is 13.4 Å². The first-order valence-electron chi connectivity index (χ1n) is 38.0. The summed E-state index contributed by atoms with van der Waals surface area (Å²) in [6.45, 7) is -0.220. The first kappa shape index (κ1) is 65.6. The number of rotatable bonds is 15.